The number of hydrazone groups is 1. The van der Waals surface area contributed by atoms with E-state index in [1.165, 1.54) is 6.21 Å². The third-order valence-electron chi connectivity index (χ3n) is 3.18. The fourth-order valence-corrected chi connectivity index (χ4v) is 2.48. The minimum Gasteiger partial charge on any atom is -0.267 e. The van der Waals surface area contributed by atoms with Gasteiger partial charge in [0.2, 0.25) is 0 Å². The van der Waals surface area contributed by atoms with Crippen molar-refractivity contribution in [2.45, 2.75) is 0 Å². The van der Waals surface area contributed by atoms with Crippen molar-refractivity contribution in [1.82, 2.24) is 10.4 Å². The van der Waals surface area contributed by atoms with Gasteiger partial charge in [0.25, 0.3) is 5.91 Å². The van der Waals surface area contributed by atoms with Crippen molar-refractivity contribution in [1.29, 1.82) is 0 Å². The van der Waals surface area contributed by atoms with Gasteiger partial charge in [-0.3, -0.25) is 4.79 Å². The average molecular weight is 389 g/mol. The van der Waals surface area contributed by atoms with E-state index in [-0.39, 0.29) is 5.91 Å². The van der Waals surface area contributed by atoms with Crippen LogP contribution in [0.1, 0.15) is 15.9 Å². The van der Waals surface area contributed by atoms with E-state index < -0.39 is 0 Å². The van der Waals surface area contributed by atoms with Crippen LogP contribution in [0.3, 0.4) is 0 Å². The molecule has 114 valence electrons. The Morgan fingerprint density at radius 1 is 1.17 bits per heavy atom. The summed E-state index contributed by atoms with van der Waals surface area (Å²) in [5.41, 5.74) is 4.45. The quantitative estimate of drug-likeness (QED) is 0.410. The first-order chi connectivity index (χ1) is 11.1. The average Bonchev–Trinajstić information content (AvgIpc) is 2.56. The van der Waals surface area contributed by atoms with Gasteiger partial charge in [-0.2, -0.15) is 5.10 Å². The Hall–Kier alpha value is -2.24. The second-order valence-electron chi connectivity index (χ2n) is 4.77. The minimum atomic E-state index is -0.293. The number of hydrogen-bond donors (Lipinski definition) is 1. The number of carbonyl (C=O) groups excluding carboxylic acids is 1. The van der Waals surface area contributed by atoms with E-state index in [0.717, 1.165) is 15.4 Å². The number of nitrogens with one attached hydrogen (secondary N) is 1. The fraction of sp³-hybridized carbons (Fsp3) is 0. The van der Waals surface area contributed by atoms with Gasteiger partial charge in [0.15, 0.2) is 0 Å². The zero-order chi connectivity index (χ0) is 16.2. The molecule has 0 spiro atoms. The molecule has 0 fully saturated rings. The molecular weight excluding hydrogens is 378 g/mol. The van der Waals surface area contributed by atoms with Crippen LogP contribution in [0.2, 0.25) is 5.15 Å². The van der Waals surface area contributed by atoms with Crippen LogP contribution in [0.15, 0.2) is 64.2 Å². The summed E-state index contributed by atoms with van der Waals surface area (Å²) >= 11 is 9.46. The molecule has 6 heteroatoms. The van der Waals surface area contributed by atoms with Gasteiger partial charge >= 0.3 is 0 Å². The van der Waals surface area contributed by atoms with Crippen LogP contribution in [0, 0.1) is 0 Å². The maximum absolute atomic E-state index is 12.0. The van der Waals surface area contributed by atoms with E-state index in [1.54, 1.807) is 24.3 Å². The van der Waals surface area contributed by atoms with E-state index >= 15 is 0 Å². The standard InChI is InChI=1S/C17H11BrClN3O/c18-14-7-5-11(6-8-14)17(23)22-20-10-13-9-12-3-1-2-4-15(12)21-16(13)19/h1-10H,(H,22,23)/b20-10+. The van der Waals surface area contributed by atoms with E-state index in [4.69, 9.17) is 11.6 Å². The topological polar surface area (TPSA) is 54.4 Å². The molecule has 0 unspecified atom stereocenters. The molecule has 0 bridgehead atoms. The molecule has 0 aliphatic rings. The van der Waals surface area contributed by atoms with Gasteiger partial charge in [-0.1, -0.05) is 45.7 Å². The van der Waals surface area contributed by atoms with Gasteiger partial charge in [0, 0.05) is 21.0 Å². The molecule has 1 aromatic heterocycles. The first kappa shape index (κ1) is 15.6. The largest absolute Gasteiger partial charge is 0.271 e. The van der Waals surface area contributed by atoms with Gasteiger partial charge in [0.1, 0.15) is 5.15 Å². The summed E-state index contributed by atoms with van der Waals surface area (Å²) in [6, 6.07) is 16.5. The lowest BCUT2D eigenvalue weighted by molar-refractivity contribution is 0.0955. The van der Waals surface area contributed by atoms with Crippen LogP contribution in [0.4, 0.5) is 0 Å². The molecule has 23 heavy (non-hydrogen) atoms. The number of halogens is 2. The number of hydrogen-bond acceptors (Lipinski definition) is 3. The van der Waals surface area contributed by atoms with E-state index in [1.807, 2.05) is 30.3 Å². The summed E-state index contributed by atoms with van der Waals surface area (Å²) in [4.78, 5) is 16.3. The highest BCUT2D eigenvalue weighted by atomic mass is 79.9. The maximum Gasteiger partial charge on any atom is 0.271 e. The monoisotopic (exact) mass is 387 g/mol. The van der Waals surface area contributed by atoms with Crippen molar-refractivity contribution in [3.8, 4) is 0 Å². The fourth-order valence-electron chi connectivity index (χ4n) is 2.03. The second kappa shape index (κ2) is 6.89. The number of pyridine rings is 1. The lowest BCUT2D eigenvalue weighted by atomic mass is 10.2. The number of rotatable bonds is 3. The molecule has 1 amide bonds. The summed E-state index contributed by atoms with van der Waals surface area (Å²) in [5.74, 6) is -0.293. The third kappa shape index (κ3) is 3.75. The summed E-state index contributed by atoms with van der Waals surface area (Å²) in [6.07, 6.45) is 1.48. The van der Waals surface area contributed by atoms with E-state index in [0.29, 0.717) is 16.3 Å². The Morgan fingerprint density at radius 2 is 1.91 bits per heavy atom. The maximum atomic E-state index is 12.0. The number of benzene rings is 2. The Labute approximate surface area is 146 Å². The zero-order valence-corrected chi connectivity index (χ0v) is 14.2. The van der Waals surface area contributed by atoms with Crippen LogP contribution in [0.5, 0.6) is 0 Å². The molecule has 0 saturated heterocycles. The van der Waals surface area contributed by atoms with Crippen molar-refractivity contribution < 1.29 is 4.79 Å². The molecule has 0 saturated carbocycles. The summed E-state index contributed by atoms with van der Waals surface area (Å²) in [7, 11) is 0. The number of aromatic nitrogens is 1. The number of carbonyl (C=O) groups is 1. The van der Waals surface area contributed by atoms with Gasteiger partial charge in [-0.15, -0.1) is 0 Å². The lowest BCUT2D eigenvalue weighted by Gasteiger charge is -2.02. The number of fused-ring (bicyclic) bond motifs is 1. The van der Waals surface area contributed by atoms with Crippen molar-refractivity contribution in [2.75, 3.05) is 0 Å². The molecule has 2 aromatic carbocycles. The Bertz CT molecular complexity index is 894. The first-order valence-electron chi connectivity index (χ1n) is 6.78. The molecule has 0 atom stereocenters. The Balaban J connectivity index is 1.76. The van der Waals surface area contributed by atoms with E-state index in [2.05, 4.69) is 31.4 Å². The number of nitrogens with zero attached hydrogens (tertiary/aromatic N) is 2. The van der Waals surface area contributed by atoms with Crippen molar-refractivity contribution >= 4 is 50.6 Å². The van der Waals surface area contributed by atoms with Crippen LogP contribution in [-0.4, -0.2) is 17.1 Å². The Kier molecular flexibility index (Phi) is 4.69. The number of amides is 1. The molecule has 0 radical (unpaired) electrons. The van der Waals surface area contributed by atoms with Gasteiger partial charge in [0.05, 0.1) is 11.7 Å². The highest BCUT2D eigenvalue weighted by Gasteiger charge is 2.05. The summed E-state index contributed by atoms with van der Waals surface area (Å²) in [6.45, 7) is 0. The highest BCUT2D eigenvalue weighted by Crippen LogP contribution is 2.18. The molecule has 0 aliphatic heterocycles. The highest BCUT2D eigenvalue weighted by molar-refractivity contribution is 9.10. The first-order valence-corrected chi connectivity index (χ1v) is 7.95. The SMILES string of the molecule is O=C(N/N=C/c1cc2ccccc2nc1Cl)c1ccc(Br)cc1. The predicted molar refractivity (Wildman–Crippen MR) is 96.0 cm³/mol. The normalized spacial score (nSPS) is 11.0. The molecular formula is C17H11BrClN3O. The van der Waals surface area contributed by atoms with E-state index in [9.17, 15) is 4.79 Å². The van der Waals surface area contributed by atoms with Crippen molar-refractivity contribution in [2.24, 2.45) is 5.10 Å². The predicted octanol–water partition coefficient (Wildman–Crippen LogP) is 4.41. The van der Waals surface area contributed by atoms with Crippen molar-refractivity contribution in [3.05, 3.63) is 75.4 Å². The second-order valence-corrected chi connectivity index (χ2v) is 6.04. The van der Waals surface area contributed by atoms with Gasteiger partial charge < -0.3 is 0 Å². The Morgan fingerprint density at radius 3 is 2.70 bits per heavy atom. The van der Waals surface area contributed by atoms with Crippen molar-refractivity contribution in [3.63, 3.8) is 0 Å². The third-order valence-corrected chi connectivity index (χ3v) is 4.01. The lowest BCUT2D eigenvalue weighted by Crippen LogP contribution is -2.17. The summed E-state index contributed by atoms with van der Waals surface area (Å²) < 4.78 is 0.909. The smallest absolute Gasteiger partial charge is 0.267 e. The molecule has 3 aromatic rings. The van der Waals surface area contributed by atoms with Crippen LogP contribution in [-0.2, 0) is 0 Å². The molecule has 3 rings (SSSR count). The number of para-hydroxylation sites is 1. The van der Waals surface area contributed by atoms with Crippen LogP contribution < -0.4 is 5.43 Å². The molecule has 1 heterocycles. The molecule has 1 N–H and O–H groups in total. The van der Waals surface area contributed by atoms with Crippen LogP contribution in [0.25, 0.3) is 10.9 Å². The van der Waals surface area contributed by atoms with Crippen LogP contribution >= 0.6 is 27.5 Å². The summed E-state index contributed by atoms with van der Waals surface area (Å²) in [5, 5.41) is 5.24. The zero-order valence-electron chi connectivity index (χ0n) is 11.8. The van der Waals surface area contributed by atoms with Gasteiger partial charge in [-0.05, 0) is 36.4 Å². The minimum absolute atomic E-state index is 0.293. The molecule has 4 nitrogen and oxygen atoms in total. The van der Waals surface area contributed by atoms with Gasteiger partial charge in [-0.25, -0.2) is 10.4 Å². The molecule has 0 aliphatic carbocycles.